The lowest BCUT2D eigenvalue weighted by atomic mass is 10.1. The highest BCUT2D eigenvalue weighted by Gasteiger charge is 2.15. The van der Waals surface area contributed by atoms with Crippen LogP contribution in [0.2, 0.25) is 0 Å². The molecule has 0 aromatic heterocycles. The Labute approximate surface area is 94.0 Å². The molecule has 0 amide bonds. The average molecular weight is 221 g/mol. The fourth-order valence-electron chi connectivity index (χ4n) is 2.04. The van der Waals surface area contributed by atoms with Gasteiger partial charge in [-0.25, -0.2) is 0 Å². The van der Waals surface area contributed by atoms with E-state index in [4.69, 9.17) is 5.73 Å². The molecule has 0 radical (unpaired) electrons. The lowest BCUT2D eigenvalue weighted by molar-refractivity contribution is -0.384. The van der Waals surface area contributed by atoms with Gasteiger partial charge in [0.1, 0.15) is 5.69 Å². The van der Waals surface area contributed by atoms with Gasteiger partial charge in [0, 0.05) is 12.6 Å². The van der Waals surface area contributed by atoms with E-state index in [1.807, 2.05) is 6.07 Å². The Morgan fingerprint density at radius 1 is 1.38 bits per heavy atom. The van der Waals surface area contributed by atoms with Crippen LogP contribution in [0.1, 0.15) is 18.4 Å². The molecule has 0 saturated carbocycles. The SMILES string of the molecule is Nc1ccc(CN2CCCC2)cc1[N+](=O)[O-]. The van der Waals surface area contributed by atoms with Crippen LogP contribution < -0.4 is 5.73 Å². The predicted octanol–water partition coefficient (Wildman–Crippen LogP) is 1.77. The number of hydrogen-bond donors (Lipinski definition) is 1. The predicted molar refractivity (Wildman–Crippen MR) is 62.0 cm³/mol. The Morgan fingerprint density at radius 2 is 2.06 bits per heavy atom. The zero-order valence-electron chi connectivity index (χ0n) is 9.06. The molecule has 86 valence electrons. The topological polar surface area (TPSA) is 72.4 Å². The van der Waals surface area contributed by atoms with E-state index in [1.165, 1.54) is 12.8 Å². The van der Waals surface area contributed by atoms with Crippen molar-refractivity contribution in [2.24, 2.45) is 0 Å². The van der Waals surface area contributed by atoms with Crippen LogP contribution in [0.25, 0.3) is 0 Å². The first-order valence-corrected chi connectivity index (χ1v) is 5.42. The van der Waals surface area contributed by atoms with Gasteiger partial charge in [-0.3, -0.25) is 15.0 Å². The minimum Gasteiger partial charge on any atom is -0.393 e. The third-order valence-electron chi connectivity index (χ3n) is 2.90. The number of nitrogens with zero attached hydrogens (tertiary/aromatic N) is 2. The molecule has 2 rings (SSSR count). The number of likely N-dealkylation sites (tertiary alicyclic amines) is 1. The van der Waals surface area contributed by atoms with Crippen LogP contribution in [-0.4, -0.2) is 22.9 Å². The molecule has 1 fully saturated rings. The lowest BCUT2D eigenvalue weighted by Gasteiger charge is -2.14. The van der Waals surface area contributed by atoms with E-state index in [2.05, 4.69) is 4.90 Å². The molecular weight excluding hydrogens is 206 g/mol. The number of nitrogens with two attached hydrogens (primary N) is 1. The Morgan fingerprint density at radius 3 is 2.69 bits per heavy atom. The Balaban J connectivity index is 2.15. The summed E-state index contributed by atoms with van der Waals surface area (Å²) >= 11 is 0. The second kappa shape index (κ2) is 4.49. The van der Waals surface area contributed by atoms with Gasteiger partial charge in [-0.05, 0) is 37.6 Å². The highest BCUT2D eigenvalue weighted by atomic mass is 16.6. The quantitative estimate of drug-likeness (QED) is 0.479. The molecule has 0 aliphatic carbocycles. The van der Waals surface area contributed by atoms with Crippen molar-refractivity contribution in [3.63, 3.8) is 0 Å². The smallest absolute Gasteiger partial charge is 0.292 e. The number of anilines is 1. The number of benzene rings is 1. The van der Waals surface area contributed by atoms with Crippen molar-refractivity contribution < 1.29 is 4.92 Å². The summed E-state index contributed by atoms with van der Waals surface area (Å²) in [5.74, 6) is 0. The molecule has 0 spiro atoms. The zero-order chi connectivity index (χ0) is 11.5. The maximum atomic E-state index is 10.7. The molecule has 0 atom stereocenters. The van der Waals surface area contributed by atoms with Crippen molar-refractivity contribution in [2.45, 2.75) is 19.4 Å². The maximum Gasteiger partial charge on any atom is 0.292 e. The Kier molecular flexibility index (Phi) is 3.05. The van der Waals surface area contributed by atoms with Gasteiger partial charge in [0.15, 0.2) is 0 Å². The first-order chi connectivity index (χ1) is 7.66. The molecule has 0 unspecified atom stereocenters. The van der Waals surface area contributed by atoms with E-state index in [-0.39, 0.29) is 11.4 Å². The van der Waals surface area contributed by atoms with E-state index in [0.717, 1.165) is 25.2 Å². The fourth-order valence-corrected chi connectivity index (χ4v) is 2.04. The zero-order valence-corrected chi connectivity index (χ0v) is 9.06. The van der Waals surface area contributed by atoms with E-state index >= 15 is 0 Å². The van der Waals surface area contributed by atoms with Crippen LogP contribution in [0.15, 0.2) is 18.2 Å². The highest BCUT2D eigenvalue weighted by Crippen LogP contribution is 2.23. The number of hydrogen-bond acceptors (Lipinski definition) is 4. The molecular formula is C11H15N3O2. The summed E-state index contributed by atoms with van der Waals surface area (Å²) in [4.78, 5) is 12.6. The molecule has 1 aliphatic rings. The van der Waals surface area contributed by atoms with Crippen LogP contribution in [-0.2, 0) is 6.54 Å². The number of nitro benzene ring substituents is 1. The van der Waals surface area contributed by atoms with E-state index in [1.54, 1.807) is 12.1 Å². The van der Waals surface area contributed by atoms with Gasteiger partial charge in [0.25, 0.3) is 5.69 Å². The normalized spacial score (nSPS) is 16.5. The van der Waals surface area contributed by atoms with Crippen molar-refractivity contribution in [3.8, 4) is 0 Å². The van der Waals surface area contributed by atoms with Gasteiger partial charge < -0.3 is 5.73 Å². The van der Waals surface area contributed by atoms with E-state index in [9.17, 15) is 10.1 Å². The van der Waals surface area contributed by atoms with Gasteiger partial charge in [-0.15, -0.1) is 0 Å². The molecule has 1 heterocycles. The van der Waals surface area contributed by atoms with Crippen LogP contribution in [0.5, 0.6) is 0 Å². The van der Waals surface area contributed by atoms with Crippen LogP contribution in [0, 0.1) is 10.1 Å². The van der Waals surface area contributed by atoms with Crippen molar-refractivity contribution >= 4 is 11.4 Å². The molecule has 16 heavy (non-hydrogen) atoms. The number of nitro groups is 1. The first-order valence-electron chi connectivity index (χ1n) is 5.42. The molecule has 1 aromatic rings. The van der Waals surface area contributed by atoms with Crippen LogP contribution in [0.4, 0.5) is 11.4 Å². The molecule has 1 aliphatic heterocycles. The summed E-state index contributed by atoms with van der Waals surface area (Å²) in [6.07, 6.45) is 2.44. The van der Waals surface area contributed by atoms with Crippen molar-refractivity contribution in [2.75, 3.05) is 18.8 Å². The summed E-state index contributed by atoms with van der Waals surface area (Å²) in [7, 11) is 0. The highest BCUT2D eigenvalue weighted by molar-refractivity contribution is 5.59. The van der Waals surface area contributed by atoms with Crippen molar-refractivity contribution in [3.05, 3.63) is 33.9 Å². The summed E-state index contributed by atoms with van der Waals surface area (Å²) < 4.78 is 0. The van der Waals surface area contributed by atoms with E-state index in [0.29, 0.717) is 0 Å². The van der Waals surface area contributed by atoms with Gasteiger partial charge in [0.2, 0.25) is 0 Å². The van der Waals surface area contributed by atoms with E-state index < -0.39 is 4.92 Å². The lowest BCUT2D eigenvalue weighted by Crippen LogP contribution is -2.18. The Bertz CT molecular complexity index is 400. The van der Waals surface area contributed by atoms with Gasteiger partial charge in [0.05, 0.1) is 4.92 Å². The van der Waals surface area contributed by atoms with Crippen LogP contribution >= 0.6 is 0 Å². The van der Waals surface area contributed by atoms with Gasteiger partial charge >= 0.3 is 0 Å². The molecule has 0 bridgehead atoms. The Hall–Kier alpha value is -1.62. The monoisotopic (exact) mass is 221 g/mol. The second-order valence-corrected chi connectivity index (χ2v) is 4.13. The average Bonchev–Trinajstić information content (AvgIpc) is 2.73. The van der Waals surface area contributed by atoms with Gasteiger partial charge in [-0.1, -0.05) is 6.07 Å². The van der Waals surface area contributed by atoms with Crippen molar-refractivity contribution in [1.29, 1.82) is 0 Å². The number of nitrogen functional groups attached to an aromatic ring is 1. The number of rotatable bonds is 3. The minimum absolute atomic E-state index is 0.0108. The molecule has 2 N–H and O–H groups in total. The summed E-state index contributed by atoms with van der Waals surface area (Å²) in [5.41, 5.74) is 6.75. The fraction of sp³-hybridized carbons (Fsp3) is 0.455. The van der Waals surface area contributed by atoms with Gasteiger partial charge in [-0.2, -0.15) is 0 Å². The summed E-state index contributed by atoms with van der Waals surface area (Å²) in [6.45, 7) is 2.94. The summed E-state index contributed by atoms with van der Waals surface area (Å²) in [6, 6.07) is 5.05. The minimum atomic E-state index is -0.428. The molecule has 1 saturated heterocycles. The summed E-state index contributed by atoms with van der Waals surface area (Å²) in [5, 5.41) is 10.7. The van der Waals surface area contributed by atoms with Crippen LogP contribution in [0.3, 0.4) is 0 Å². The molecule has 1 aromatic carbocycles. The maximum absolute atomic E-state index is 10.7. The first kappa shape index (κ1) is 10.9. The largest absolute Gasteiger partial charge is 0.393 e. The molecule has 5 nitrogen and oxygen atoms in total. The van der Waals surface area contributed by atoms with Crippen molar-refractivity contribution in [1.82, 2.24) is 4.90 Å². The standard InChI is InChI=1S/C11H15N3O2/c12-10-4-3-9(7-11(10)14(15)16)8-13-5-1-2-6-13/h3-4,7H,1-2,5-6,8,12H2. The third-order valence-corrected chi connectivity index (χ3v) is 2.90. The second-order valence-electron chi connectivity index (χ2n) is 4.13. The third kappa shape index (κ3) is 2.30. The molecule has 5 heteroatoms.